The molecule has 0 spiro atoms. The molecule has 3 heterocycles. The van der Waals surface area contributed by atoms with Crippen LogP contribution in [0.5, 0.6) is 0 Å². The van der Waals surface area contributed by atoms with Crippen LogP contribution in [-0.4, -0.2) is 59.1 Å². The molecule has 1 saturated carbocycles. The van der Waals surface area contributed by atoms with E-state index in [-0.39, 0.29) is 5.91 Å². The maximum Gasteiger partial charge on any atom is 0.261 e. The van der Waals surface area contributed by atoms with Gasteiger partial charge in [0.15, 0.2) is 0 Å². The summed E-state index contributed by atoms with van der Waals surface area (Å²) in [5, 5.41) is 13.5. The van der Waals surface area contributed by atoms with E-state index in [0.29, 0.717) is 13.1 Å². The van der Waals surface area contributed by atoms with Crippen molar-refractivity contribution >= 4 is 17.2 Å². The van der Waals surface area contributed by atoms with Crippen molar-refractivity contribution in [1.82, 2.24) is 15.1 Å². The van der Waals surface area contributed by atoms with Gasteiger partial charge in [-0.2, -0.15) is 0 Å². The number of carbonyl (C=O) groups is 1. The van der Waals surface area contributed by atoms with E-state index in [2.05, 4.69) is 45.4 Å². The summed E-state index contributed by atoms with van der Waals surface area (Å²) in [5.41, 5.74) is 4.10. The SMILES string of the molecule is O=C(NCC(O)CN1CCc2ccccc2C1)c1cc2c(s1)CCN(C1CCCCC1)C2. The number of fused-ring (bicyclic) bond motifs is 2. The van der Waals surface area contributed by atoms with E-state index < -0.39 is 6.10 Å². The first-order chi connectivity index (χ1) is 15.7. The zero-order valence-corrected chi connectivity index (χ0v) is 19.7. The van der Waals surface area contributed by atoms with Gasteiger partial charge in [-0.25, -0.2) is 0 Å². The van der Waals surface area contributed by atoms with Gasteiger partial charge < -0.3 is 10.4 Å². The third-order valence-electron chi connectivity index (χ3n) is 7.39. The molecule has 1 aromatic heterocycles. The molecular formula is C26H35N3O2S. The van der Waals surface area contributed by atoms with Crippen molar-refractivity contribution in [1.29, 1.82) is 0 Å². The number of benzene rings is 1. The highest BCUT2D eigenvalue weighted by molar-refractivity contribution is 7.14. The number of aliphatic hydroxyl groups is 1. The van der Waals surface area contributed by atoms with Crippen LogP contribution < -0.4 is 5.32 Å². The van der Waals surface area contributed by atoms with Crippen LogP contribution in [0.3, 0.4) is 0 Å². The molecule has 1 unspecified atom stereocenters. The largest absolute Gasteiger partial charge is 0.390 e. The molecule has 6 heteroatoms. The summed E-state index contributed by atoms with van der Waals surface area (Å²) in [4.78, 5) is 19.8. The fourth-order valence-corrected chi connectivity index (χ4v) is 6.67. The highest BCUT2D eigenvalue weighted by Gasteiger charge is 2.27. The van der Waals surface area contributed by atoms with Crippen molar-refractivity contribution in [2.75, 3.05) is 26.2 Å². The van der Waals surface area contributed by atoms with Gasteiger partial charge in [-0.15, -0.1) is 11.3 Å². The summed E-state index contributed by atoms with van der Waals surface area (Å²) in [6, 6.07) is 11.4. The second-order valence-electron chi connectivity index (χ2n) is 9.69. The van der Waals surface area contributed by atoms with Gasteiger partial charge in [0, 0.05) is 50.2 Å². The standard InChI is InChI=1S/C26H35N3O2S/c30-23(18-28-12-10-19-6-4-5-7-20(19)16-28)15-27-26(31)25-14-21-17-29(13-11-24(21)32-25)22-8-2-1-3-9-22/h4-7,14,22-23,30H,1-3,8-13,15-18H2,(H,27,31). The number of nitrogens with one attached hydrogen (secondary N) is 1. The van der Waals surface area contributed by atoms with E-state index in [1.807, 2.05) is 0 Å². The molecule has 0 bridgehead atoms. The fourth-order valence-electron chi connectivity index (χ4n) is 5.59. The van der Waals surface area contributed by atoms with Crippen LogP contribution >= 0.6 is 11.3 Å². The predicted octanol–water partition coefficient (Wildman–Crippen LogP) is 3.59. The summed E-state index contributed by atoms with van der Waals surface area (Å²) in [6.45, 7) is 4.83. The molecule has 1 amide bonds. The molecule has 2 aromatic rings. The van der Waals surface area contributed by atoms with Crippen molar-refractivity contribution in [3.8, 4) is 0 Å². The minimum Gasteiger partial charge on any atom is -0.390 e. The lowest BCUT2D eigenvalue weighted by Crippen LogP contribution is -2.41. The van der Waals surface area contributed by atoms with E-state index >= 15 is 0 Å². The van der Waals surface area contributed by atoms with Crippen LogP contribution in [0.4, 0.5) is 0 Å². The van der Waals surface area contributed by atoms with E-state index in [4.69, 9.17) is 0 Å². The molecule has 32 heavy (non-hydrogen) atoms. The lowest BCUT2D eigenvalue weighted by Gasteiger charge is -2.36. The molecule has 3 aliphatic rings. The van der Waals surface area contributed by atoms with Gasteiger partial charge in [0.1, 0.15) is 0 Å². The molecule has 2 aliphatic heterocycles. The number of hydrogen-bond acceptors (Lipinski definition) is 5. The van der Waals surface area contributed by atoms with Gasteiger partial charge in [0.25, 0.3) is 5.91 Å². The van der Waals surface area contributed by atoms with Gasteiger partial charge in [-0.3, -0.25) is 14.6 Å². The molecule has 0 saturated heterocycles. The molecule has 5 nitrogen and oxygen atoms in total. The molecule has 1 atom stereocenters. The van der Waals surface area contributed by atoms with E-state index in [0.717, 1.165) is 49.9 Å². The van der Waals surface area contributed by atoms with E-state index in [9.17, 15) is 9.90 Å². The number of nitrogens with zero attached hydrogens (tertiary/aromatic N) is 2. The Kier molecular flexibility index (Phi) is 6.93. The zero-order chi connectivity index (χ0) is 21.9. The Balaban J connectivity index is 1.11. The summed E-state index contributed by atoms with van der Waals surface area (Å²) in [6.07, 6.45) is 8.28. The van der Waals surface area contributed by atoms with Crippen LogP contribution in [0.2, 0.25) is 0 Å². The molecule has 1 aromatic carbocycles. The van der Waals surface area contributed by atoms with Crippen molar-refractivity contribution in [2.45, 2.75) is 70.2 Å². The van der Waals surface area contributed by atoms with Crippen molar-refractivity contribution < 1.29 is 9.90 Å². The minimum atomic E-state index is -0.555. The smallest absolute Gasteiger partial charge is 0.261 e. The summed E-state index contributed by atoms with van der Waals surface area (Å²) < 4.78 is 0. The van der Waals surface area contributed by atoms with E-state index in [1.54, 1.807) is 11.3 Å². The Labute approximate surface area is 195 Å². The highest BCUT2D eigenvalue weighted by Crippen LogP contribution is 2.32. The second-order valence-corrected chi connectivity index (χ2v) is 10.8. The average molecular weight is 454 g/mol. The molecule has 1 fully saturated rings. The summed E-state index contributed by atoms with van der Waals surface area (Å²) in [5.74, 6) is -0.0448. The van der Waals surface area contributed by atoms with E-state index in [1.165, 1.54) is 53.7 Å². The number of aliphatic hydroxyl groups excluding tert-OH is 1. The summed E-state index contributed by atoms with van der Waals surface area (Å²) >= 11 is 1.64. The van der Waals surface area contributed by atoms with Gasteiger partial charge in [0.05, 0.1) is 11.0 Å². The van der Waals surface area contributed by atoms with Crippen LogP contribution in [0.15, 0.2) is 30.3 Å². The Morgan fingerprint density at radius 2 is 1.88 bits per heavy atom. The molecule has 5 rings (SSSR count). The van der Waals surface area contributed by atoms with Gasteiger partial charge >= 0.3 is 0 Å². The quantitative estimate of drug-likeness (QED) is 0.702. The van der Waals surface area contributed by atoms with Crippen LogP contribution in [-0.2, 0) is 25.9 Å². The van der Waals surface area contributed by atoms with Crippen molar-refractivity contribution in [3.63, 3.8) is 0 Å². The molecule has 2 N–H and O–H groups in total. The Morgan fingerprint density at radius 3 is 2.72 bits per heavy atom. The van der Waals surface area contributed by atoms with Gasteiger partial charge in [0.2, 0.25) is 0 Å². The van der Waals surface area contributed by atoms with Gasteiger partial charge in [-0.1, -0.05) is 43.5 Å². The maximum absolute atomic E-state index is 12.8. The number of carbonyl (C=O) groups excluding carboxylic acids is 1. The lowest BCUT2D eigenvalue weighted by atomic mass is 9.92. The average Bonchev–Trinajstić information content (AvgIpc) is 3.27. The Bertz CT molecular complexity index is 937. The Hall–Kier alpha value is -1.73. The monoisotopic (exact) mass is 453 g/mol. The number of hydrogen-bond donors (Lipinski definition) is 2. The number of amides is 1. The van der Waals surface area contributed by atoms with Crippen molar-refractivity contribution in [3.05, 3.63) is 56.8 Å². The van der Waals surface area contributed by atoms with Crippen molar-refractivity contribution in [2.24, 2.45) is 0 Å². The number of thiophene rings is 1. The Morgan fingerprint density at radius 1 is 1.06 bits per heavy atom. The third kappa shape index (κ3) is 5.09. The van der Waals surface area contributed by atoms with Crippen LogP contribution in [0, 0.1) is 0 Å². The second kappa shape index (κ2) is 10.0. The lowest BCUT2D eigenvalue weighted by molar-refractivity contribution is 0.0845. The maximum atomic E-state index is 12.8. The van der Waals surface area contributed by atoms with Crippen LogP contribution in [0.1, 0.15) is 63.3 Å². The topological polar surface area (TPSA) is 55.8 Å². The first kappa shape index (κ1) is 22.1. The molecular weight excluding hydrogens is 418 g/mol. The first-order valence-electron chi connectivity index (χ1n) is 12.3. The van der Waals surface area contributed by atoms with Crippen LogP contribution in [0.25, 0.3) is 0 Å². The molecule has 1 aliphatic carbocycles. The predicted molar refractivity (Wildman–Crippen MR) is 129 cm³/mol. The fraction of sp³-hybridized carbons (Fsp3) is 0.577. The molecule has 172 valence electrons. The number of rotatable bonds is 6. The number of β-amino-alcohol motifs (C(OH)–C–C–N with tert-alkyl or cyclic N) is 1. The third-order valence-corrected chi connectivity index (χ3v) is 8.62. The zero-order valence-electron chi connectivity index (χ0n) is 18.9. The molecule has 0 radical (unpaired) electrons. The summed E-state index contributed by atoms with van der Waals surface area (Å²) in [7, 11) is 0. The highest BCUT2D eigenvalue weighted by atomic mass is 32.1. The normalized spacial score (nSPS) is 21.0. The van der Waals surface area contributed by atoms with Gasteiger partial charge in [-0.05, 0) is 48.4 Å². The first-order valence-corrected chi connectivity index (χ1v) is 13.1. The minimum absolute atomic E-state index is 0.0448.